The zero-order valence-corrected chi connectivity index (χ0v) is 14.0. The first-order chi connectivity index (χ1) is 8.41. The zero-order valence-electron chi connectivity index (χ0n) is 12.0. The van der Waals surface area contributed by atoms with Crippen LogP contribution in [-0.4, -0.2) is 30.8 Å². The Morgan fingerprint density at radius 2 is 0.941 bits per heavy atom. The number of hydrogen-bond donors (Lipinski definition) is 0. The van der Waals surface area contributed by atoms with Crippen molar-refractivity contribution in [3.8, 4) is 0 Å². The molecule has 0 fully saturated rings. The van der Waals surface area contributed by atoms with Crippen molar-refractivity contribution in [3.63, 3.8) is 0 Å². The van der Waals surface area contributed by atoms with E-state index in [-0.39, 0.29) is 0 Å². The highest BCUT2D eigenvalue weighted by atomic mass is 28.2. The van der Waals surface area contributed by atoms with Crippen LogP contribution in [0.25, 0.3) is 0 Å². The van der Waals surface area contributed by atoms with Crippen LogP contribution in [0.5, 0.6) is 0 Å². The van der Waals surface area contributed by atoms with Gasteiger partial charge in [-0.05, 0) is 12.8 Å². The monoisotopic (exact) mass is 260 g/mol. The molecule has 0 aromatic carbocycles. The van der Waals surface area contributed by atoms with Crippen LogP contribution in [0.4, 0.5) is 0 Å². The lowest BCUT2D eigenvalue weighted by Crippen LogP contribution is -1.89. The van der Waals surface area contributed by atoms with Crippen molar-refractivity contribution in [1.82, 2.24) is 0 Å². The van der Waals surface area contributed by atoms with E-state index in [0.29, 0.717) is 0 Å². The molecule has 0 heterocycles. The summed E-state index contributed by atoms with van der Waals surface area (Å²) in [7, 11) is 2.69. The number of unbranched alkanes of at least 4 members (excludes halogenated alkanes) is 10. The first-order valence-electron chi connectivity index (χ1n) is 7.39. The van der Waals surface area contributed by atoms with Gasteiger partial charge in [0.1, 0.15) is 10.5 Å². The van der Waals surface area contributed by atoms with Crippen molar-refractivity contribution in [2.75, 3.05) is 20.3 Å². The summed E-state index contributed by atoms with van der Waals surface area (Å²) < 4.78 is 10.2. The molecule has 0 radical (unpaired) electrons. The first kappa shape index (κ1) is 17.1. The molecule has 0 aromatic rings. The van der Waals surface area contributed by atoms with Crippen LogP contribution in [0.2, 0.25) is 0 Å². The summed E-state index contributed by atoms with van der Waals surface area (Å²) in [6.45, 7) is 1.93. The highest BCUT2D eigenvalue weighted by Gasteiger charge is 1.93. The number of hydrogen-bond acceptors (Lipinski definition) is 2. The first-order valence-corrected chi connectivity index (χ1v) is 8.21. The van der Waals surface area contributed by atoms with Gasteiger partial charge in [-0.25, -0.2) is 0 Å². The molecule has 0 amide bonds. The topological polar surface area (TPSA) is 18.5 Å². The van der Waals surface area contributed by atoms with Gasteiger partial charge in [0, 0.05) is 20.3 Å². The molecule has 0 aliphatic carbocycles. The van der Waals surface area contributed by atoms with Crippen molar-refractivity contribution in [3.05, 3.63) is 0 Å². The summed E-state index contributed by atoms with van der Waals surface area (Å²) in [6.07, 6.45) is 15.1. The van der Waals surface area contributed by atoms with Crippen molar-refractivity contribution in [2.45, 2.75) is 70.6 Å². The quantitative estimate of drug-likeness (QED) is 0.353. The molecule has 0 aliphatic heterocycles. The fraction of sp³-hybridized carbons (Fsp3) is 1.00. The number of ether oxygens (including phenoxy) is 1. The molecular weight excluding hydrogens is 228 g/mol. The molecule has 0 aromatic heterocycles. The van der Waals surface area contributed by atoms with E-state index in [4.69, 9.17) is 9.16 Å². The van der Waals surface area contributed by atoms with Gasteiger partial charge in [-0.1, -0.05) is 57.8 Å². The predicted molar refractivity (Wildman–Crippen MR) is 78.6 cm³/mol. The molecule has 17 heavy (non-hydrogen) atoms. The van der Waals surface area contributed by atoms with Crippen molar-refractivity contribution in [1.29, 1.82) is 0 Å². The van der Waals surface area contributed by atoms with Gasteiger partial charge in [0.25, 0.3) is 0 Å². The summed E-state index contributed by atoms with van der Waals surface area (Å²) in [5.41, 5.74) is 0. The van der Waals surface area contributed by atoms with Crippen LogP contribution in [0.3, 0.4) is 0 Å². The number of methoxy groups -OCH3 is 1. The molecule has 3 heteroatoms. The van der Waals surface area contributed by atoms with E-state index in [2.05, 4.69) is 0 Å². The Hall–Kier alpha value is 0.137. The Balaban J connectivity index is 2.85. The van der Waals surface area contributed by atoms with Crippen LogP contribution in [0.15, 0.2) is 0 Å². The summed E-state index contributed by atoms with van der Waals surface area (Å²) in [4.78, 5) is 0. The second-order valence-corrected chi connectivity index (χ2v) is 5.45. The molecule has 0 bridgehead atoms. The van der Waals surface area contributed by atoms with Crippen molar-refractivity contribution in [2.24, 2.45) is 0 Å². The van der Waals surface area contributed by atoms with Crippen LogP contribution < -0.4 is 0 Å². The van der Waals surface area contributed by atoms with E-state index in [1.165, 1.54) is 70.6 Å². The Morgan fingerprint density at radius 1 is 0.588 bits per heavy atom. The maximum absolute atomic E-state index is 5.17. The van der Waals surface area contributed by atoms with Crippen LogP contribution in [-0.2, 0) is 9.16 Å². The molecule has 0 saturated heterocycles. The normalized spacial score (nSPS) is 11.1. The minimum Gasteiger partial charge on any atom is -0.428 e. The third kappa shape index (κ3) is 16.1. The summed E-state index contributed by atoms with van der Waals surface area (Å²) in [5.74, 6) is 0. The van der Waals surface area contributed by atoms with Gasteiger partial charge < -0.3 is 9.16 Å². The second-order valence-electron chi connectivity index (χ2n) is 4.87. The minimum atomic E-state index is 0.902. The molecule has 0 rings (SSSR count). The Labute approximate surface area is 111 Å². The third-order valence-electron chi connectivity index (χ3n) is 3.20. The van der Waals surface area contributed by atoms with E-state index in [0.717, 1.165) is 23.7 Å². The summed E-state index contributed by atoms with van der Waals surface area (Å²) in [6, 6.07) is 0. The van der Waals surface area contributed by atoms with E-state index in [1.807, 2.05) is 0 Å². The molecule has 0 aliphatic rings. The lowest BCUT2D eigenvalue weighted by atomic mass is 10.1. The van der Waals surface area contributed by atoms with E-state index >= 15 is 0 Å². The molecule has 0 unspecified atom stereocenters. The lowest BCUT2D eigenvalue weighted by molar-refractivity contribution is 0.192. The smallest absolute Gasteiger partial charge is 0.145 e. The minimum absolute atomic E-state index is 0.902. The Bertz CT molecular complexity index is 117. The SMILES string of the molecule is COCCCCCCCCCCCCCO[SiH3]. The van der Waals surface area contributed by atoms with Crippen LogP contribution in [0.1, 0.15) is 70.6 Å². The molecule has 0 saturated carbocycles. The van der Waals surface area contributed by atoms with E-state index in [1.54, 1.807) is 7.11 Å². The van der Waals surface area contributed by atoms with E-state index < -0.39 is 0 Å². The molecular formula is C14H32O2Si. The summed E-state index contributed by atoms with van der Waals surface area (Å²) in [5, 5.41) is 0. The van der Waals surface area contributed by atoms with Crippen molar-refractivity contribution >= 4 is 10.5 Å². The molecule has 0 atom stereocenters. The average Bonchev–Trinajstić information content (AvgIpc) is 2.35. The fourth-order valence-electron chi connectivity index (χ4n) is 2.08. The largest absolute Gasteiger partial charge is 0.428 e. The highest BCUT2D eigenvalue weighted by molar-refractivity contribution is 5.97. The molecule has 2 nitrogen and oxygen atoms in total. The van der Waals surface area contributed by atoms with Gasteiger partial charge in [0.2, 0.25) is 0 Å². The van der Waals surface area contributed by atoms with Crippen molar-refractivity contribution < 1.29 is 9.16 Å². The zero-order chi connectivity index (χ0) is 12.6. The van der Waals surface area contributed by atoms with E-state index in [9.17, 15) is 0 Å². The van der Waals surface area contributed by atoms with Gasteiger partial charge in [0.05, 0.1) is 0 Å². The lowest BCUT2D eigenvalue weighted by Gasteiger charge is -2.03. The maximum atomic E-state index is 5.17. The molecule has 0 N–H and O–H groups in total. The predicted octanol–water partition coefficient (Wildman–Crippen LogP) is 3.22. The van der Waals surface area contributed by atoms with Gasteiger partial charge >= 0.3 is 0 Å². The average molecular weight is 260 g/mol. The van der Waals surface area contributed by atoms with Gasteiger partial charge in [0.15, 0.2) is 0 Å². The molecule has 104 valence electrons. The van der Waals surface area contributed by atoms with Gasteiger partial charge in [-0.3, -0.25) is 0 Å². The summed E-state index contributed by atoms with van der Waals surface area (Å²) >= 11 is 0. The van der Waals surface area contributed by atoms with Gasteiger partial charge in [-0.15, -0.1) is 0 Å². The third-order valence-corrected chi connectivity index (χ3v) is 3.61. The Morgan fingerprint density at radius 3 is 1.29 bits per heavy atom. The van der Waals surface area contributed by atoms with Gasteiger partial charge in [-0.2, -0.15) is 0 Å². The van der Waals surface area contributed by atoms with Crippen LogP contribution in [0, 0.1) is 0 Å². The second kappa shape index (κ2) is 16.1. The maximum Gasteiger partial charge on any atom is 0.145 e. The molecule has 0 spiro atoms. The highest BCUT2D eigenvalue weighted by Crippen LogP contribution is 2.11. The standard InChI is InChI=1S/C14H32O2Si/c1-15-13-11-9-7-5-3-2-4-6-8-10-12-14-16-17/h2-14H2,1,17H3. The fourth-order valence-corrected chi connectivity index (χ4v) is 2.37. The van der Waals surface area contributed by atoms with Crippen LogP contribution >= 0.6 is 0 Å². The number of rotatable bonds is 14. The Kier molecular flexibility index (Phi) is 16.3.